The average Bonchev–Trinajstić information content (AvgIpc) is 2.47. The molecule has 0 amide bonds. The van der Waals surface area contributed by atoms with Gasteiger partial charge in [-0.15, -0.1) is 0 Å². The number of halogens is 1. The fourth-order valence-corrected chi connectivity index (χ4v) is 2.15. The number of benzene rings is 2. The van der Waals surface area contributed by atoms with Crippen molar-refractivity contribution >= 4 is 11.6 Å². The molecule has 0 fully saturated rings. The summed E-state index contributed by atoms with van der Waals surface area (Å²) in [4.78, 5) is 0. The van der Waals surface area contributed by atoms with Gasteiger partial charge < -0.3 is 15.6 Å². The Balaban J connectivity index is 2.02. The predicted octanol–water partition coefficient (Wildman–Crippen LogP) is 3.30. The van der Waals surface area contributed by atoms with Gasteiger partial charge in [0, 0.05) is 12.6 Å². The number of aliphatic hydroxyl groups is 1. The first kappa shape index (κ1) is 14.9. The maximum absolute atomic E-state index is 8.89. The van der Waals surface area contributed by atoms with E-state index in [2.05, 4.69) is 0 Å². The van der Waals surface area contributed by atoms with Crippen molar-refractivity contribution in [2.24, 2.45) is 5.73 Å². The van der Waals surface area contributed by atoms with E-state index in [0.717, 1.165) is 11.1 Å². The largest absolute Gasteiger partial charge is 0.487 e. The van der Waals surface area contributed by atoms with Gasteiger partial charge in [-0.2, -0.15) is 0 Å². The highest BCUT2D eigenvalue weighted by atomic mass is 35.5. The van der Waals surface area contributed by atoms with Crippen molar-refractivity contribution in [1.82, 2.24) is 0 Å². The highest BCUT2D eigenvalue weighted by molar-refractivity contribution is 6.32. The normalized spacial score (nSPS) is 12.2. The maximum atomic E-state index is 8.89. The maximum Gasteiger partial charge on any atom is 0.138 e. The van der Waals surface area contributed by atoms with E-state index in [1.807, 2.05) is 42.5 Å². The predicted molar refractivity (Wildman–Crippen MR) is 80.9 cm³/mol. The van der Waals surface area contributed by atoms with Crippen LogP contribution in [0.1, 0.15) is 23.6 Å². The Morgan fingerprint density at radius 3 is 2.55 bits per heavy atom. The Kier molecular flexibility index (Phi) is 5.41. The molecule has 3 nitrogen and oxygen atoms in total. The van der Waals surface area contributed by atoms with Crippen LogP contribution in [-0.4, -0.2) is 11.7 Å². The molecule has 0 bridgehead atoms. The second kappa shape index (κ2) is 7.29. The van der Waals surface area contributed by atoms with Crippen molar-refractivity contribution in [3.05, 3.63) is 64.7 Å². The summed E-state index contributed by atoms with van der Waals surface area (Å²) in [5.41, 5.74) is 7.92. The molecule has 0 heterocycles. The zero-order valence-corrected chi connectivity index (χ0v) is 11.9. The lowest BCUT2D eigenvalue weighted by Gasteiger charge is -2.13. The Labute approximate surface area is 123 Å². The topological polar surface area (TPSA) is 55.5 Å². The van der Waals surface area contributed by atoms with Crippen LogP contribution in [0, 0.1) is 0 Å². The second-order valence-corrected chi connectivity index (χ2v) is 4.99. The van der Waals surface area contributed by atoms with E-state index in [9.17, 15) is 0 Å². The third-order valence-electron chi connectivity index (χ3n) is 3.06. The molecule has 20 heavy (non-hydrogen) atoms. The lowest BCUT2D eigenvalue weighted by molar-refractivity contribution is 0.276. The van der Waals surface area contributed by atoms with E-state index >= 15 is 0 Å². The Morgan fingerprint density at radius 2 is 1.90 bits per heavy atom. The third-order valence-corrected chi connectivity index (χ3v) is 3.36. The average molecular weight is 292 g/mol. The number of hydrogen-bond donors (Lipinski definition) is 2. The van der Waals surface area contributed by atoms with Gasteiger partial charge in [0.05, 0.1) is 5.02 Å². The fourth-order valence-electron chi connectivity index (χ4n) is 1.91. The number of nitrogens with two attached hydrogens (primary N) is 1. The monoisotopic (exact) mass is 291 g/mol. The number of aliphatic hydroxyl groups excluding tert-OH is 1. The first-order valence-electron chi connectivity index (χ1n) is 6.53. The molecule has 0 spiro atoms. The Hall–Kier alpha value is -1.55. The summed E-state index contributed by atoms with van der Waals surface area (Å²) in [6.07, 6.45) is 0.514. The second-order valence-electron chi connectivity index (χ2n) is 4.58. The smallest absolute Gasteiger partial charge is 0.138 e. The molecule has 0 aliphatic rings. The van der Waals surface area contributed by atoms with E-state index in [0.29, 0.717) is 23.8 Å². The van der Waals surface area contributed by atoms with Crippen molar-refractivity contribution in [3.8, 4) is 5.75 Å². The van der Waals surface area contributed by atoms with Crippen LogP contribution in [0.5, 0.6) is 5.75 Å². The van der Waals surface area contributed by atoms with Crippen LogP contribution in [-0.2, 0) is 6.61 Å². The lowest BCUT2D eigenvalue weighted by atomic mass is 10.1. The van der Waals surface area contributed by atoms with Crippen molar-refractivity contribution in [2.45, 2.75) is 19.1 Å². The van der Waals surface area contributed by atoms with E-state index in [1.165, 1.54) is 0 Å². The minimum absolute atomic E-state index is 0.0606. The van der Waals surface area contributed by atoms with E-state index < -0.39 is 0 Å². The molecule has 2 rings (SSSR count). The molecule has 4 heteroatoms. The highest BCUT2D eigenvalue weighted by Crippen LogP contribution is 2.28. The molecule has 2 aromatic rings. The summed E-state index contributed by atoms with van der Waals surface area (Å²) in [7, 11) is 0. The molecule has 0 radical (unpaired) electrons. The summed E-state index contributed by atoms with van der Waals surface area (Å²) in [6, 6.07) is 15.2. The summed E-state index contributed by atoms with van der Waals surface area (Å²) in [6.45, 7) is 0.535. The van der Waals surface area contributed by atoms with Crippen LogP contribution in [0.15, 0.2) is 48.5 Å². The highest BCUT2D eigenvalue weighted by Gasteiger charge is 2.09. The molecular formula is C16H18ClNO2. The van der Waals surface area contributed by atoms with Gasteiger partial charge in [0.25, 0.3) is 0 Å². The number of hydrogen-bond acceptors (Lipinski definition) is 3. The molecule has 2 aromatic carbocycles. The third kappa shape index (κ3) is 3.97. The summed E-state index contributed by atoms with van der Waals surface area (Å²) < 4.78 is 5.70. The zero-order valence-electron chi connectivity index (χ0n) is 11.1. The van der Waals surface area contributed by atoms with E-state index in [4.69, 9.17) is 27.2 Å². The molecule has 0 saturated heterocycles. The Morgan fingerprint density at radius 1 is 1.15 bits per heavy atom. The van der Waals surface area contributed by atoms with Gasteiger partial charge in [-0.25, -0.2) is 0 Å². The SMILES string of the molecule is NC(CCO)c1ccc(OCc2ccccc2)c(Cl)c1. The van der Waals surface area contributed by atoms with Crippen LogP contribution < -0.4 is 10.5 Å². The molecule has 0 aliphatic heterocycles. The van der Waals surface area contributed by atoms with Gasteiger partial charge in [-0.3, -0.25) is 0 Å². The molecular weight excluding hydrogens is 274 g/mol. The number of ether oxygens (including phenoxy) is 1. The zero-order chi connectivity index (χ0) is 14.4. The first-order valence-corrected chi connectivity index (χ1v) is 6.91. The Bertz CT molecular complexity index is 545. The van der Waals surface area contributed by atoms with Gasteiger partial charge in [0.1, 0.15) is 12.4 Å². The van der Waals surface area contributed by atoms with Crippen molar-refractivity contribution < 1.29 is 9.84 Å². The summed E-state index contributed by atoms with van der Waals surface area (Å²) in [5, 5.41) is 9.43. The minimum atomic E-state index is -0.208. The fraction of sp³-hybridized carbons (Fsp3) is 0.250. The quantitative estimate of drug-likeness (QED) is 0.858. The molecule has 0 aromatic heterocycles. The van der Waals surface area contributed by atoms with Crippen molar-refractivity contribution in [1.29, 1.82) is 0 Å². The standard InChI is InChI=1S/C16H18ClNO2/c17-14-10-13(15(18)8-9-19)6-7-16(14)20-11-12-4-2-1-3-5-12/h1-7,10,15,19H,8-9,11,18H2. The van der Waals surface area contributed by atoms with Gasteiger partial charge >= 0.3 is 0 Å². The summed E-state index contributed by atoms with van der Waals surface area (Å²) >= 11 is 6.20. The van der Waals surface area contributed by atoms with Crippen LogP contribution in [0.4, 0.5) is 0 Å². The molecule has 106 valence electrons. The van der Waals surface area contributed by atoms with E-state index in [1.54, 1.807) is 6.07 Å². The number of rotatable bonds is 6. The molecule has 1 atom stereocenters. The van der Waals surface area contributed by atoms with Gasteiger partial charge in [0.15, 0.2) is 0 Å². The van der Waals surface area contributed by atoms with Gasteiger partial charge in [-0.05, 0) is 29.7 Å². The molecule has 1 unspecified atom stereocenters. The molecule has 0 aliphatic carbocycles. The van der Waals surface area contributed by atoms with E-state index in [-0.39, 0.29) is 12.6 Å². The van der Waals surface area contributed by atoms with Crippen molar-refractivity contribution in [3.63, 3.8) is 0 Å². The minimum Gasteiger partial charge on any atom is -0.487 e. The summed E-state index contributed by atoms with van der Waals surface area (Å²) in [5.74, 6) is 0.635. The van der Waals surface area contributed by atoms with Crippen LogP contribution >= 0.6 is 11.6 Å². The van der Waals surface area contributed by atoms with Gasteiger partial charge in [0.2, 0.25) is 0 Å². The van der Waals surface area contributed by atoms with Crippen LogP contribution in [0.3, 0.4) is 0 Å². The van der Waals surface area contributed by atoms with Crippen LogP contribution in [0.2, 0.25) is 5.02 Å². The first-order chi connectivity index (χ1) is 9.70. The van der Waals surface area contributed by atoms with Crippen LogP contribution in [0.25, 0.3) is 0 Å². The van der Waals surface area contributed by atoms with Gasteiger partial charge in [-0.1, -0.05) is 48.0 Å². The lowest BCUT2D eigenvalue weighted by Crippen LogP contribution is -2.11. The van der Waals surface area contributed by atoms with Crippen molar-refractivity contribution in [2.75, 3.05) is 6.61 Å². The molecule has 0 saturated carbocycles. The molecule has 3 N–H and O–H groups in total.